The van der Waals surface area contributed by atoms with Gasteiger partial charge in [0.15, 0.2) is 12.7 Å². The number of aryl methyl sites for hydroxylation is 1. The van der Waals surface area contributed by atoms with E-state index in [-0.39, 0.29) is 12.4 Å². The summed E-state index contributed by atoms with van der Waals surface area (Å²) in [4.78, 5) is 11.1. The van der Waals surface area contributed by atoms with Gasteiger partial charge in [0.2, 0.25) is 5.69 Å². The van der Waals surface area contributed by atoms with Crippen molar-refractivity contribution in [3.8, 4) is 0 Å². The van der Waals surface area contributed by atoms with Crippen molar-refractivity contribution in [2.75, 3.05) is 0 Å². The number of hydrogen-bond acceptors (Lipinski definition) is 1. The zero-order valence-electron chi connectivity index (χ0n) is 14.5. The van der Waals surface area contributed by atoms with Gasteiger partial charge in [-0.15, -0.1) is 0 Å². The van der Waals surface area contributed by atoms with E-state index in [9.17, 15) is 4.79 Å². The van der Waals surface area contributed by atoms with Crippen LogP contribution in [-0.2, 0) is 6.54 Å². The van der Waals surface area contributed by atoms with Crippen LogP contribution in [0.1, 0.15) is 32.7 Å². The molecule has 0 radical (unpaired) electrons. The van der Waals surface area contributed by atoms with E-state index >= 15 is 0 Å². The molecule has 2 aromatic carbocycles. The van der Waals surface area contributed by atoms with E-state index in [0.29, 0.717) is 12.1 Å². The van der Waals surface area contributed by atoms with Crippen LogP contribution < -0.4 is 17.0 Å². The van der Waals surface area contributed by atoms with Crippen LogP contribution in [0.4, 0.5) is 0 Å². The third-order valence-corrected chi connectivity index (χ3v) is 4.03. The second-order valence-electron chi connectivity index (χ2n) is 6.00. The summed E-state index contributed by atoms with van der Waals surface area (Å²) >= 11 is 0. The molecular formula is C22H20ClNO2. The second-order valence-corrected chi connectivity index (χ2v) is 6.00. The smallest absolute Gasteiger partial charge is 0.335 e. The van der Waals surface area contributed by atoms with Gasteiger partial charge in [-0.25, -0.2) is 4.79 Å². The largest absolute Gasteiger partial charge is 1.00 e. The molecule has 1 N–H and O–H groups in total. The average Bonchev–Trinajstić information content (AvgIpc) is 2.62. The van der Waals surface area contributed by atoms with Gasteiger partial charge < -0.3 is 17.5 Å². The van der Waals surface area contributed by atoms with E-state index in [1.54, 1.807) is 18.2 Å². The van der Waals surface area contributed by atoms with E-state index in [0.717, 1.165) is 16.8 Å². The molecule has 0 saturated carbocycles. The third kappa shape index (κ3) is 5.04. The molecule has 0 aliphatic heterocycles. The summed E-state index contributed by atoms with van der Waals surface area (Å²) in [6, 6.07) is 21.5. The third-order valence-electron chi connectivity index (χ3n) is 4.03. The van der Waals surface area contributed by atoms with Gasteiger partial charge in [-0.1, -0.05) is 42.0 Å². The molecule has 132 valence electrons. The molecular weight excluding hydrogens is 346 g/mol. The van der Waals surface area contributed by atoms with Gasteiger partial charge in [0.1, 0.15) is 0 Å². The molecule has 0 amide bonds. The standard InChI is InChI=1S/C22H19NO2.ClH/c1-17-8-10-18(11-9-17)12-13-21-7-2-3-14-23(21)16-19-5-4-6-20(15-19)22(24)25;/h2-15H,16H2,1H3;1H/b13-12+;. The van der Waals surface area contributed by atoms with Gasteiger partial charge in [-0.2, -0.15) is 4.57 Å². The Kier molecular flexibility index (Phi) is 6.70. The van der Waals surface area contributed by atoms with E-state index in [1.807, 2.05) is 30.5 Å². The number of carboxylic acids is 1. The molecule has 1 aromatic heterocycles. The summed E-state index contributed by atoms with van der Waals surface area (Å²) in [5, 5.41) is 9.14. The molecule has 3 nitrogen and oxygen atoms in total. The highest BCUT2D eigenvalue weighted by molar-refractivity contribution is 5.87. The molecule has 0 spiro atoms. The number of aromatic nitrogens is 1. The monoisotopic (exact) mass is 365 g/mol. The fourth-order valence-electron chi connectivity index (χ4n) is 2.64. The summed E-state index contributed by atoms with van der Waals surface area (Å²) < 4.78 is 2.10. The summed E-state index contributed by atoms with van der Waals surface area (Å²) in [5.41, 5.74) is 4.72. The van der Waals surface area contributed by atoms with Crippen LogP contribution in [0.5, 0.6) is 0 Å². The van der Waals surface area contributed by atoms with Gasteiger partial charge in [0.25, 0.3) is 0 Å². The minimum Gasteiger partial charge on any atom is -1.00 e. The topological polar surface area (TPSA) is 41.2 Å². The maximum Gasteiger partial charge on any atom is 0.335 e. The molecule has 0 unspecified atom stereocenters. The summed E-state index contributed by atoms with van der Waals surface area (Å²) in [6.07, 6.45) is 6.16. The Morgan fingerprint density at radius 3 is 2.50 bits per heavy atom. The number of aromatic carboxylic acids is 1. The first kappa shape index (κ1) is 19.4. The fraction of sp³-hybridized carbons (Fsp3) is 0.0909. The Labute approximate surface area is 159 Å². The van der Waals surface area contributed by atoms with Crippen molar-refractivity contribution >= 4 is 18.1 Å². The summed E-state index contributed by atoms with van der Waals surface area (Å²) in [6.45, 7) is 2.69. The van der Waals surface area contributed by atoms with E-state index < -0.39 is 5.97 Å². The van der Waals surface area contributed by atoms with Crippen molar-refractivity contribution in [2.24, 2.45) is 0 Å². The Morgan fingerprint density at radius 2 is 1.77 bits per heavy atom. The Balaban J connectivity index is 0.00000243. The van der Waals surface area contributed by atoms with Crippen LogP contribution in [0.3, 0.4) is 0 Å². The molecule has 26 heavy (non-hydrogen) atoms. The second kappa shape index (κ2) is 8.97. The van der Waals surface area contributed by atoms with Crippen LogP contribution in [-0.4, -0.2) is 11.1 Å². The highest BCUT2D eigenvalue weighted by atomic mass is 35.5. The number of benzene rings is 2. The minimum atomic E-state index is -0.903. The molecule has 4 heteroatoms. The number of nitrogens with zero attached hydrogens (tertiary/aromatic N) is 1. The average molecular weight is 366 g/mol. The highest BCUT2D eigenvalue weighted by Gasteiger charge is 2.10. The molecule has 0 aliphatic carbocycles. The van der Waals surface area contributed by atoms with Gasteiger partial charge in [0.05, 0.1) is 5.56 Å². The van der Waals surface area contributed by atoms with Crippen LogP contribution in [0.2, 0.25) is 0 Å². The Morgan fingerprint density at radius 1 is 1.00 bits per heavy atom. The maximum absolute atomic E-state index is 11.1. The highest BCUT2D eigenvalue weighted by Crippen LogP contribution is 2.09. The SMILES string of the molecule is Cc1ccc(/C=C/c2cccc[n+]2Cc2cccc(C(=O)O)c2)cc1.[Cl-]. The van der Waals surface area contributed by atoms with Crippen LogP contribution in [0.15, 0.2) is 72.9 Å². The lowest BCUT2D eigenvalue weighted by Gasteiger charge is -2.03. The Bertz CT molecular complexity index is 917. The lowest BCUT2D eigenvalue weighted by molar-refractivity contribution is -0.690. The Hall–Kier alpha value is -2.91. The van der Waals surface area contributed by atoms with Crippen LogP contribution in [0, 0.1) is 6.92 Å². The van der Waals surface area contributed by atoms with E-state index in [1.165, 1.54) is 5.56 Å². The summed E-state index contributed by atoms with van der Waals surface area (Å²) in [7, 11) is 0. The van der Waals surface area contributed by atoms with Gasteiger partial charge in [0, 0.05) is 23.8 Å². The molecule has 3 aromatic rings. The van der Waals surface area contributed by atoms with Crippen molar-refractivity contribution < 1.29 is 26.9 Å². The molecule has 0 aliphatic rings. The number of halogens is 1. The molecule has 0 saturated heterocycles. The number of pyridine rings is 1. The predicted octanol–water partition coefficient (Wildman–Crippen LogP) is 1.20. The minimum absolute atomic E-state index is 0. The van der Waals surface area contributed by atoms with Crippen molar-refractivity contribution in [3.05, 3.63) is 101 Å². The molecule has 3 rings (SSSR count). The van der Waals surface area contributed by atoms with Gasteiger partial charge >= 0.3 is 5.97 Å². The van der Waals surface area contributed by atoms with Crippen molar-refractivity contribution in [1.29, 1.82) is 0 Å². The lowest BCUT2D eigenvalue weighted by Crippen LogP contribution is -3.00. The normalized spacial score (nSPS) is 10.5. The molecule has 1 heterocycles. The maximum atomic E-state index is 11.1. The van der Waals surface area contributed by atoms with E-state index in [4.69, 9.17) is 5.11 Å². The molecule has 0 fully saturated rings. The number of carbonyl (C=O) groups is 1. The van der Waals surface area contributed by atoms with Crippen molar-refractivity contribution in [3.63, 3.8) is 0 Å². The van der Waals surface area contributed by atoms with E-state index in [2.05, 4.69) is 47.9 Å². The summed E-state index contributed by atoms with van der Waals surface area (Å²) in [5.74, 6) is -0.903. The number of hydrogen-bond donors (Lipinski definition) is 1. The quantitative estimate of drug-likeness (QED) is 0.690. The van der Waals surface area contributed by atoms with Crippen molar-refractivity contribution in [2.45, 2.75) is 13.5 Å². The molecule has 0 bridgehead atoms. The van der Waals surface area contributed by atoms with Crippen molar-refractivity contribution in [1.82, 2.24) is 0 Å². The predicted molar refractivity (Wildman–Crippen MR) is 99.2 cm³/mol. The van der Waals surface area contributed by atoms with Gasteiger partial charge in [-0.05, 0) is 36.8 Å². The number of rotatable bonds is 5. The fourth-order valence-corrected chi connectivity index (χ4v) is 2.64. The lowest BCUT2D eigenvalue weighted by atomic mass is 10.1. The number of carboxylic acid groups (broad SMARTS) is 1. The zero-order chi connectivity index (χ0) is 17.6. The van der Waals surface area contributed by atoms with Gasteiger partial charge in [-0.3, -0.25) is 0 Å². The molecule has 0 atom stereocenters. The van der Waals surface area contributed by atoms with Crippen LogP contribution in [0.25, 0.3) is 12.2 Å². The zero-order valence-corrected chi connectivity index (χ0v) is 15.2. The first-order chi connectivity index (χ1) is 12.1. The van der Waals surface area contributed by atoms with Crippen LogP contribution >= 0.6 is 0 Å². The first-order valence-corrected chi connectivity index (χ1v) is 8.17. The first-order valence-electron chi connectivity index (χ1n) is 8.17.